The van der Waals surface area contributed by atoms with Gasteiger partial charge in [0.25, 0.3) is 0 Å². The van der Waals surface area contributed by atoms with E-state index in [2.05, 4.69) is 149 Å². The summed E-state index contributed by atoms with van der Waals surface area (Å²) in [6.45, 7) is 16.7. The molecule has 102 heavy (non-hydrogen) atoms. The Kier molecular flexibility index (Phi) is 31.4. The third kappa shape index (κ3) is 21.7. The molecule has 16 aromatic rings. The Balaban J connectivity index is 0.000000172. The first-order valence-electron chi connectivity index (χ1n) is 33.1. The minimum Gasteiger partial charge on any atom is -0.501 e. The first-order valence-corrected chi connectivity index (χ1v) is 33.1. The van der Waals surface area contributed by atoms with Crippen molar-refractivity contribution >= 4 is 43.9 Å². The van der Waals surface area contributed by atoms with E-state index in [4.69, 9.17) is 19.0 Å². The molecule has 0 amide bonds. The van der Waals surface area contributed by atoms with Crippen molar-refractivity contribution in [3.05, 3.63) is 350 Å². The molecule has 0 aliphatic rings. The molecule has 2 N–H and O–H groups in total. The van der Waals surface area contributed by atoms with Crippen molar-refractivity contribution in [3.8, 4) is 67.5 Å². The van der Waals surface area contributed by atoms with Crippen LogP contribution in [-0.2, 0) is 40.2 Å². The summed E-state index contributed by atoms with van der Waals surface area (Å²) in [5, 5.41) is 18.5. The van der Waals surface area contributed by atoms with E-state index in [1.807, 2.05) is 252 Å². The number of hydrogen-bond acceptors (Lipinski definition) is 10. The van der Waals surface area contributed by atoms with Gasteiger partial charge < -0.3 is 44.0 Å². The number of hydrogen-bond donors (Lipinski definition) is 2. The van der Waals surface area contributed by atoms with Crippen LogP contribution < -0.4 is 0 Å². The smallest absolute Gasteiger partial charge is 0.501 e. The van der Waals surface area contributed by atoms with Crippen LogP contribution in [0.5, 0.6) is 0 Å². The van der Waals surface area contributed by atoms with E-state index in [1.165, 1.54) is 11.1 Å². The number of benzene rings is 8. The molecule has 0 saturated carbocycles. The van der Waals surface area contributed by atoms with Gasteiger partial charge in [0, 0.05) is 91.2 Å². The fraction of sp³-hybridized carbons (Fsp3) is 0.133. The van der Waals surface area contributed by atoms with Crippen molar-refractivity contribution in [3.63, 3.8) is 0 Å². The van der Waals surface area contributed by atoms with Crippen LogP contribution in [0.3, 0.4) is 0 Å². The standard InChI is InChI=1S/C20H17NO.C20H16NO.4C12H10N.2CH4O.2Ir/c2*1-13(2)14-10-11-21-18(12-14)17-8-5-7-16-15-6-3-4-9-19(15)22-20(16)17;4*1-10-6-5-9-12(13-10)11-7-3-2-4-8-11;2*1-2;;/h3-13H,1-2H3;3-7,9-13H,1-2H3;4*2-7,9H,1H3;2*2H,1H3;;/q;5*-1;;;;+3. The number of aliphatic hydroxyl groups is 2. The fourth-order valence-corrected chi connectivity index (χ4v) is 10.7. The largest absolute Gasteiger partial charge is 3.00 e. The molecule has 0 unspecified atom stereocenters. The number of para-hydroxylation sites is 3. The molecule has 8 aromatic carbocycles. The fourth-order valence-electron chi connectivity index (χ4n) is 10.7. The molecule has 0 aliphatic carbocycles. The minimum absolute atomic E-state index is 0. The van der Waals surface area contributed by atoms with E-state index in [1.54, 1.807) is 0 Å². The molecule has 10 nitrogen and oxygen atoms in total. The Hall–Kier alpha value is -10.5. The molecule has 0 spiro atoms. The predicted molar refractivity (Wildman–Crippen MR) is 410 cm³/mol. The molecule has 0 fully saturated rings. The van der Waals surface area contributed by atoms with Crippen molar-refractivity contribution in [2.75, 3.05) is 14.2 Å². The molecule has 8 heterocycles. The third-order valence-electron chi connectivity index (χ3n) is 15.7. The average Bonchev–Trinajstić information content (AvgIpc) is 1.62. The summed E-state index contributed by atoms with van der Waals surface area (Å²) in [7, 11) is 2.00. The van der Waals surface area contributed by atoms with Gasteiger partial charge in [-0.1, -0.05) is 147 Å². The molecule has 1 radical (unpaired) electrons. The predicted octanol–water partition coefficient (Wildman–Crippen LogP) is 22.0. The number of rotatable bonds is 8. The molecule has 0 atom stereocenters. The Morgan fingerprint density at radius 3 is 1.02 bits per heavy atom. The second-order valence-corrected chi connectivity index (χ2v) is 23.5. The monoisotopic (exact) mass is 1700 g/mol. The zero-order chi connectivity index (χ0) is 70.6. The molecular formula is C90H81Ir2N6O4-2. The van der Waals surface area contributed by atoms with E-state index in [0.29, 0.717) is 11.8 Å². The number of fused-ring (bicyclic) bond motifs is 6. The van der Waals surface area contributed by atoms with Crippen molar-refractivity contribution in [1.82, 2.24) is 29.9 Å². The van der Waals surface area contributed by atoms with Gasteiger partial charge in [-0.05, 0) is 134 Å². The number of nitrogens with zero attached hydrogens (tertiary/aromatic N) is 6. The SMILES string of the molecule is CC(C)c1ccnc(-c2[c-]ccc3c2oc2ccccc23)c1.CC(C)c1ccnc(-c2cccc3c2oc2ccccc23)c1.CO.CO.Cc1cccc(-c2[c-]cccc2)n1.Cc1cccc(-c2[c-]cccc2)n1.Cc1cccc(-c2[c-]cccc2)n1.Cc1cccc(-c2[c-]cccc2)n1.[Ir+3].[Ir]. The average molecular weight is 1700 g/mol. The molecule has 0 aliphatic heterocycles. The van der Waals surface area contributed by atoms with Crippen LogP contribution in [0.4, 0.5) is 0 Å². The van der Waals surface area contributed by atoms with E-state index in [-0.39, 0.29) is 40.2 Å². The summed E-state index contributed by atoms with van der Waals surface area (Å²) in [6, 6.07) is 106. The summed E-state index contributed by atoms with van der Waals surface area (Å²) in [4.78, 5) is 26.7. The summed E-state index contributed by atoms with van der Waals surface area (Å²) < 4.78 is 12.2. The van der Waals surface area contributed by atoms with Gasteiger partial charge in [-0.2, -0.15) is 0 Å². The molecule has 515 valence electrons. The third-order valence-corrected chi connectivity index (χ3v) is 15.7. The van der Waals surface area contributed by atoms with Crippen LogP contribution in [0, 0.1) is 58.0 Å². The van der Waals surface area contributed by atoms with Gasteiger partial charge in [0.2, 0.25) is 0 Å². The zero-order valence-electron chi connectivity index (χ0n) is 58.9. The van der Waals surface area contributed by atoms with Crippen LogP contribution in [0.2, 0.25) is 0 Å². The molecule has 0 bridgehead atoms. The first-order chi connectivity index (χ1) is 48.9. The van der Waals surface area contributed by atoms with Crippen LogP contribution in [0.1, 0.15) is 73.4 Å². The Labute approximate surface area is 627 Å². The van der Waals surface area contributed by atoms with Crippen LogP contribution >= 0.6 is 0 Å². The minimum atomic E-state index is 0. The maximum absolute atomic E-state index is 7.00. The van der Waals surface area contributed by atoms with Gasteiger partial charge in [-0.15, -0.1) is 162 Å². The topological polar surface area (TPSA) is 144 Å². The molecular weight excluding hydrogens is 1610 g/mol. The van der Waals surface area contributed by atoms with Crippen molar-refractivity contribution < 1.29 is 59.3 Å². The molecule has 16 rings (SSSR count). The van der Waals surface area contributed by atoms with Crippen molar-refractivity contribution in [1.29, 1.82) is 0 Å². The second kappa shape index (κ2) is 40.7. The summed E-state index contributed by atoms with van der Waals surface area (Å²) in [5.41, 5.74) is 22.3. The van der Waals surface area contributed by atoms with Gasteiger partial charge in [-0.3, -0.25) is 4.98 Å². The van der Waals surface area contributed by atoms with E-state index in [0.717, 1.165) is 148 Å². The van der Waals surface area contributed by atoms with Crippen LogP contribution in [0.25, 0.3) is 111 Å². The van der Waals surface area contributed by atoms with Crippen LogP contribution in [-0.4, -0.2) is 54.3 Å². The van der Waals surface area contributed by atoms with Gasteiger partial charge in [0.05, 0.1) is 11.3 Å². The maximum Gasteiger partial charge on any atom is 3.00 e. The quantitative estimate of drug-likeness (QED) is 0.141. The Morgan fingerprint density at radius 2 is 0.647 bits per heavy atom. The number of furan rings is 2. The number of aromatic nitrogens is 6. The van der Waals surface area contributed by atoms with Crippen molar-refractivity contribution in [2.24, 2.45) is 0 Å². The second-order valence-electron chi connectivity index (χ2n) is 23.5. The molecule has 0 saturated heterocycles. The molecule has 12 heteroatoms. The van der Waals surface area contributed by atoms with Gasteiger partial charge in [0.15, 0.2) is 0 Å². The summed E-state index contributed by atoms with van der Waals surface area (Å²) >= 11 is 0. The van der Waals surface area contributed by atoms with Gasteiger partial charge in [-0.25, -0.2) is 0 Å². The van der Waals surface area contributed by atoms with Gasteiger partial charge in [0.1, 0.15) is 16.7 Å². The Morgan fingerprint density at radius 1 is 0.314 bits per heavy atom. The van der Waals surface area contributed by atoms with E-state index >= 15 is 0 Å². The number of pyridine rings is 6. The molecule has 8 aromatic heterocycles. The van der Waals surface area contributed by atoms with E-state index < -0.39 is 0 Å². The normalized spacial score (nSPS) is 10.2. The van der Waals surface area contributed by atoms with E-state index in [9.17, 15) is 0 Å². The maximum atomic E-state index is 7.00. The number of aliphatic hydroxyl groups excluding tert-OH is 2. The summed E-state index contributed by atoms with van der Waals surface area (Å²) in [6.07, 6.45) is 3.74. The van der Waals surface area contributed by atoms with Crippen molar-refractivity contribution in [2.45, 2.75) is 67.2 Å². The first kappa shape index (κ1) is 78.8. The zero-order valence-corrected chi connectivity index (χ0v) is 63.6. The van der Waals surface area contributed by atoms with Gasteiger partial charge >= 0.3 is 20.1 Å². The van der Waals surface area contributed by atoms with Crippen LogP contribution in [0.15, 0.2) is 294 Å². The number of aryl methyl sites for hydroxylation is 4. The summed E-state index contributed by atoms with van der Waals surface area (Å²) in [5.74, 6) is 0.952. The Bertz CT molecular complexity index is 4660.